The van der Waals surface area contributed by atoms with E-state index < -0.39 is 18.2 Å². The summed E-state index contributed by atoms with van der Waals surface area (Å²) >= 11 is 0. The second-order valence-electron chi connectivity index (χ2n) is 11.3. The van der Waals surface area contributed by atoms with Crippen molar-refractivity contribution in [2.24, 2.45) is 0 Å². The van der Waals surface area contributed by atoms with Crippen LogP contribution in [-0.4, -0.2) is 46.1 Å². The van der Waals surface area contributed by atoms with E-state index in [9.17, 15) is 20.1 Å². The number of hydrogen-bond donors (Lipinski definition) is 4. The summed E-state index contributed by atoms with van der Waals surface area (Å²) in [6.45, 7) is 4.08. The molecule has 0 aliphatic carbocycles. The lowest BCUT2D eigenvalue weighted by Crippen LogP contribution is -2.50. The van der Waals surface area contributed by atoms with Gasteiger partial charge >= 0.3 is 0 Å². The molecule has 1 amide bonds. The monoisotopic (exact) mass is 563 g/mol. The van der Waals surface area contributed by atoms with Crippen LogP contribution in [0.4, 0.5) is 0 Å². The van der Waals surface area contributed by atoms with Gasteiger partial charge in [0.25, 0.3) is 0 Å². The summed E-state index contributed by atoms with van der Waals surface area (Å²) < 4.78 is 0. The molecule has 3 unspecified atom stereocenters. The van der Waals surface area contributed by atoms with Crippen molar-refractivity contribution in [1.82, 2.24) is 5.32 Å². The molecule has 4 N–H and O–H groups in total. The van der Waals surface area contributed by atoms with Gasteiger partial charge in [0.15, 0.2) is 0 Å². The summed E-state index contributed by atoms with van der Waals surface area (Å²) in [5, 5.41) is 33.2. The molecule has 0 aromatic carbocycles. The molecule has 0 bridgehead atoms. The standard InChI is InChI=1S/C35H65NO4/c1-3-5-7-9-11-13-15-17-18-19-21-23-25-27-29-33(38)35(40)32(31-37)36-34(39)30-28-26-24-22-20-16-14-12-10-8-6-4-2/h12,14-15,17,21,23,32-33,35,37-38,40H,3-11,13,16,18-20,22,24-31H2,1-2H3,(H,36,39)/b14-12-,17-15+,23-21+. The fraction of sp³-hybridized carbons (Fsp3) is 0.800. The largest absolute Gasteiger partial charge is 0.394 e. The lowest BCUT2D eigenvalue weighted by Gasteiger charge is -2.26. The molecule has 0 spiro atoms. The average Bonchev–Trinajstić information content (AvgIpc) is 2.96. The van der Waals surface area contributed by atoms with E-state index in [1.807, 2.05) is 0 Å². The third-order valence-electron chi connectivity index (χ3n) is 7.44. The Morgan fingerprint density at radius 3 is 1.57 bits per heavy atom. The smallest absolute Gasteiger partial charge is 0.220 e. The average molecular weight is 564 g/mol. The van der Waals surface area contributed by atoms with Gasteiger partial charge in [0.2, 0.25) is 5.91 Å². The molecule has 0 fully saturated rings. The van der Waals surface area contributed by atoms with E-state index in [4.69, 9.17) is 0 Å². The molecule has 0 heterocycles. The Bertz CT molecular complexity index is 631. The Morgan fingerprint density at radius 1 is 0.600 bits per heavy atom. The number of nitrogens with one attached hydrogen (secondary N) is 1. The van der Waals surface area contributed by atoms with Crippen molar-refractivity contribution in [1.29, 1.82) is 0 Å². The van der Waals surface area contributed by atoms with Crippen LogP contribution in [0.15, 0.2) is 36.5 Å². The SMILES string of the molecule is CCCCC/C=C\CCCCCCCC(=O)NC(CO)C(O)C(O)CCC/C=C/CC/C=C/CCCCCCC. The van der Waals surface area contributed by atoms with Crippen LogP contribution in [0.3, 0.4) is 0 Å². The van der Waals surface area contributed by atoms with E-state index in [1.54, 1.807) is 0 Å². The number of rotatable bonds is 29. The van der Waals surface area contributed by atoms with Crippen molar-refractivity contribution < 1.29 is 20.1 Å². The fourth-order valence-electron chi connectivity index (χ4n) is 4.76. The van der Waals surface area contributed by atoms with Gasteiger partial charge in [-0.25, -0.2) is 0 Å². The van der Waals surface area contributed by atoms with Crippen LogP contribution in [0.5, 0.6) is 0 Å². The minimum atomic E-state index is -1.17. The molecule has 234 valence electrons. The molecule has 0 saturated heterocycles. The van der Waals surface area contributed by atoms with Crippen molar-refractivity contribution in [3.63, 3.8) is 0 Å². The molecule has 0 aliphatic rings. The summed E-state index contributed by atoms with van der Waals surface area (Å²) in [7, 11) is 0. The van der Waals surface area contributed by atoms with Crippen molar-refractivity contribution in [3.05, 3.63) is 36.5 Å². The quantitative estimate of drug-likeness (QED) is 0.0543. The van der Waals surface area contributed by atoms with Crippen LogP contribution in [0.25, 0.3) is 0 Å². The van der Waals surface area contributed by atoms with Gasteiger partial charge in [0.1, 0.15) is 6.10 Å². The number of amides is 1. The van der Waals surface area contributed by atoms with E-state index in [0.29, 0.717) is 12.8 Å². The highest BCUT2D eigenvalue weighted by Crippen LogP contribution is 2.12. The summed E-state index contributed by atoms with van der Waals surface area (Å²) in [6, 6.07) is -0.833. The van der Waals surface area contributed by atoms with Gasteiger partial charge in [0.05, 0.1) is 18.8 Å². The van der Waals surface area contributed by atoms with Crippen LogP contribution >= 0.6 is 0 Å². The van der Waals surface area contributed by atoms with Crippen molar-refractivity contribution in [2.75, 3.05) is 6.61 Å². The predicted molar refractivity (Wildman–Crippen MR) is 171 cm³/mol. The summed E-state index contributed by atoms with van der Waals surface area (Å²) in [4.78, 5) is 12.3. The van der Waals surface area contributed by atoms with Crippen molar-refractivity contribution in [2.45, 2.75) is 173 Å². The molecule has 0 aromatic heterocycles. The number of hydrogen-bond acceptors (Lipinski definition) is 4. The first-order chi connectivity index (χ1) is 19.6. The molecule has 0 saturated carbocycles. The van der Waals surface area contributed by atoms with Gasteiger partial charge in [0, 0.05) is 6.42 Å². The zero-order valence-electron chi connectivity index (χ0n) is 26.2. The Hall–Kier alpha value is -1.43. The maximum Gasteiger partial charge on any atom is 0.220 e. The number of carbonyl (C=O) groups excluding carboxylic acids is 1. The minimum Gasteiger partial charge on any atom is -0.394 e. The molecule has 0 radical (unpaired) electrons. The predicted octanol–water partition coefficient (Wildman–Crippen LogP) is 8.48. The second kappa shape index (κ2) is 30.5. The lowest BCUT2D eigenvalue weighted by molar-refractivity contribution is -0.124. The second-order valence-corrected chi connectivity index (χ2v) is 11.3. The van der Waals surface area contributed by atoms with E-state index in [0.717, 1.165) is 51.4 Å². The van der Waals surface area contributed by atoms with Crippen molar-refractivity contribution >= 4 is 5.91 Å². The number of aliphatic hydroxyl groups is 3. The van der Waals surface area contributed by atoms with E-state index in [-0.39, 0.29) is 12.5 Å². The number of unbranched alkanes of at least 4 members (excludes halogenated alkanes) is 15. The lowest BCUT2D eigenvalue weighted by atomic mass is 10.0. The third-order valence-corrected chi connectivity index (χ3v) is 7.44. The molecule has 3 atom stereocenters. The molecule has 5 nitrogen and oxygen atoms in total. The zero-order chi connectivity index (χ0) is 29.5. The molecule has 40 heavy (non-hydrogen) atoms. The molecular weight excluding hydrogens is 498 g/mol. The fourth-order valence-corrected chi connectivity index (χ4v) is 4.76. The highest BCUT2D eigenvalue weighted by atomic mass is 16.3. The number of allylic oxidation sites excluding steroid dienone is 6. The van der Waals surface area contributed by atoms with Gasteiger partial charge in [-0.1, -0.05) is 108 Å². The molecule has 5 heteroatoms. The van der Waals surface area contributed by atoms with E-state index in [1.165, 1.54) is 77.0 Å². The Labute approximate surface area is 247 Å². The van der Waals surface area contributed by atoms with Gasteiger partial charge in [-0.2, -0.15) is 0 Å². The first kappa shape index (κ1) is 38.6. The molecule has 0 rings (SSSR count). The minimum absolute atomic E-state index is 0.172. The van der Waals surface area contributed by atoms with Crippen LogP contribution in [0.2, 0.25) is 0 Å². The Kier molecular flexibility index (Phi) is 29.4. The normalized spacial score (nSPS) is 14.4. The van der Waals surface area contributed by atoms with Crippen LogP contribution in [0.1, 0.15) is 155 Å². The van der Waals surface area contributed by atoms with Gasteiger partial charge in [-0.05, 0) is 77.0 Å². The van der Waals surface area contributed by atoms with Gasteiger partial charge in [-0.15, -0.1) is 0 Å². The van der Waals surface area contributed by atoms with Crippen LogP contribution < -0.4 is 5.32 Å². The maximum absolute atomic E-state index is 12.3. The van der Waals surface area contributed by atoms with Crippen molar-refractivity contribution in [3.8, 4) is 0 Å². The Morgan fingerprint density at radius 2 is 1.02 bits per heavy atom. The molecule has 0 aliphatic heterocycles. The molecule has 0 aromatic rings. The molecular formula is C35H65NO4. The zero-order valence-corrected chi connectivity index (χ0v) is 26.2. The van der Waals surface area contributed by atoms with Crippen LogP contribution in [0, 0.1) is 0 Å². The van der Waals surface area contributed by atoms with Crippen LogP contribution in [-0.2, 0) is 4.79 Å². The highest BCUT2D eigenvalue weighted by molar-refractivity contribution is 5.76. The van der Waals surface area contributed by atoms with Gasteiger partial charge in [-0.3, -0.25) is 4.79 Å². The van der Waals surface area contributed by atoms with E-state index in [2.05, 4.69) is 55.6 Å². The first-order valence-corrected chi connectivity index (χ1v) is 16.8. The summed E-state index contributed by atoms with van der Waals surface area (Å²) in [5.74, 6) is -0.172. The number of carbonyl (C=O) groups is 1. The summed E-state index contributed by atoms with van der Waals surface area (Å²) in [6.07, 6.45) is 35.1. The highest BCUT2D eigenvalue weighted by Gasteiger charge is 2.26. The third kappa shape index (κ3) is 25.5. The van der Waals surface area contributed by atoms with Gasteiger partial charge < -0.3 is 20.6 Å². The Balaban J connectivity index is 3.84. The maximum atomic E-state index is 12.3. The first-order valence-electron chi connectivity index (χ1n) is 16.8. The number of aliphatic hydroxyl groups excluding tert-OH is 3. The van der Waals surface area contributed by atoms with E-state index >= 15 is 0 Å². The topological polar surface area (TPSA) is 89.8 Å². The summed E-state index contributed by atoms with van der Waals surface area (Å²) in [5.41, 5.74) is 0.